The maximum atomic E-state index is 13.3. The molecule has 2 aliphatic rings. The molecule has 1 N–H and O–H groups in total. The molecule has 1 nitrogen and oxygen atoms in total. The minimum Gasteiger partial charge on any atom is -0.314 e. The van der Waals surface area contributed by atoms with Gasteiger partial charge in [-0.15, -0.1) is 0 Å². The first kappa shape index (κ1) is 15.2. The predicted octanol–water partition coefficient (Wildman–Crippen LogP) is 4.76. The van der Waals surface area contributed by atoms with Gasteiger partial charge in [-0.2, -0.15) is 0 Å². The second-order valence-electron chi connectivity index (χ2n) is 6.53. The zero-order valence-electron chi connectivity index (χ0n) is 12.3. The Morgan fingerprint density at radius 2 is 1.47 bits per heavy atom. The Kier molecular flexibility index (Phi) is 5.61. The maximum Gasteiger partial charge on any atom is 0.248 e. The molecule has 3 heteroatoms. The van der Waals surface area contributed by atoms with Gasteiger partial charge in [-0.05, 0) is 44.1 Å². The third kappa shape index (κ3) is 4.40. The van der Waals surface area contributed by atoms with Crippen molar-refractivity contribution in [1.82, 2.24) is 5.32 Å². The highest BCUT2D eigenvalue weighted by atomic mass is 19.3. The van der Waals surface area contributed by atoms with Gasteiger partial charge in [-0.3, -0.25) is 0 Å². The molecule has 0 aromatic rings. The average molecular weight is 273 g/mol. The Balaban J connectivity index is 1.94. The van der Waals surface area contributed by atoms with Crippen LogP contribution in [-0.4, -0.2) is 18.5 Å². The van der Waals surface area contributed by atoms with Gasteiger partial charge in [0.1, 0.15) is 0 Å². The molecule has 2 aliphatic carbocycles. The fourth-order valence-corrected chi connectivity index (χ4v) is 4.05. The Morgan fingerprint density at radius 3 is 2.00 bits per heavy atom. The number of hydrogen-bond acceptors (Lipinski definition) is 1. The summed E-state index contributed by atoms with van der Waals surface area (Å²) < 4.78 is 26.6. The van der Waals surface area contributed by atoms with E-state index in [2.05, 4.69) is 12.2 Å². The normalized spacial score (nSPS) is 27.9. The monoisotopic (exact) mass is 273 g/mol. The second kappa shape index (κ2) is 7.01. The zero-order valence-corrected chi connectivity index (χ0v) is 12.3. The third-order valence-electron chi connectivity index (χ3n) is 5.12. The smallest absolute Gasteiger partial charge is 0.248 e. The molecular formula is C16H29F2N. The van der Waals surface area contributed by atoms with E-state index < -0.39 is 5.92 Å². The van der Waals surface area contributed by atoms with Gasteiger partial charge in [0, 0.05) is 18.9 Å². The Bertz CT molecular complexity index is 249. The van der Waals surface area contributed by atoms with E-state index in [1.165, 1.54) is 38.5 Å². The molecule has 0 bridgehead atoms. The van der Waals surface area contributed by atoms with Crippen molar-refractivity contribution in [3.05, 3.63) is 0 Å². The fraction of sp³-hybridized carbons (Fsp3) is 1.00. The molecule has 2 rings (SSSR count). The first-order valence-electron chi connectivity index (χ1n) is 8.23. The van der Waals surface area contributed by atoms with E-state index in [0.717, 1.165) is 12.5 Å². The van der Waals surface area contributed by atoms with Crippen LogP contribution in [0.1, 0.15) is 71.1 Å². The van der Waals surface area contributed by atoms with Crippen LogP contribution in [0.3, 0.4) is 0 Å². The quantitative estimate of drug-likeness (QED) is 0.728. The van der Waals surface area contributed by atoms with Crippen molar-refractivity contribution >= 4 is 0 Å². The zero-order chi connectivity index (χ0) is 13.7. The summed E-state index contributed by atoms with van der Waals surface area (Å²) in [6, 6.07) is 0.485. The van der Waals surface area contributed by atoms with Crippen molar-refractivity contribution in [2.45, 2.75) is 83.1 Å². The lowest BCUT2D eigenvalue weighted by molar-refractivity contribution is -0.0523. The molecule has 0 amide bonds. The van der Waals surface area contributed by atoms with Gasteiger partial charge in [0.05, 0.1) is 0 Å². The van der Waals surface area contributed by atoms with Crippen LogP contribution in [-0.2, 0) is 0 Å². The number of halogens is 2. The standard InChI is InChI=1S/C16H29F2N/c1-2-19-15(13-7-5-3-4-6-8-13)14-9-11-16(17,18)12-10-14/h13-15,19H,2-12H2,1H3. The lowest BCUT2D eigenvalue weighted by Crippen LogP contribution is -2.44. The van der Waals surface area contributed by atoms with E-state index in [4.69, 9.17) is 0 Å². The molecule has 0 radical (unpaired) electrons. The molecular weight excluding hydrogens is 244 g/mol. The van der Waals surface area contributed by atoms with Crippen LogP contribution in [0.2, 0.25) is 0 Å². The van der Waals surface area contributed by atoms with Crippen molar-refractivity contribution in [3.63, 3.8) is 0 Å². The van der Waals surface area contributed by atoms with E-state index in [9.17, 15) is 8.78 Å². The van der Waals surface area contributed by atoms with Crippen LogP contribution >= 0.6 is 0 Å². The van der Waals surface area contributed by atoms with E-state index in [1.54, 1.807) is 0 Å². The fourth-order valence-electron chi connectivity index (χ4n) is 4.05. The van der Waals surface area contributed by atoms with Crippen molar-refractivity contribution < 1.29 is 8.78 Å². The van der Waals surface area contributed by atoms with Crippen LogP contribution in [0.5, 0.6) is 0 Å². The van der Waals surface area contributed by atoms with Crippen LogP contribution in [0.25, 0.3) is 0 Å². The Labute approximate surface area is 116 Å². The SMILES string of the molecule is CCNC(C1CCCCCC1)C1CCC(F)(F)CC1. The van der Waals surface area contributed by atoms with Crippen LogP contribution in [0.4, 0.5) is 8.78 Å². The number of rotatable bonds is 4. The molecule has 0 aromatic carbocycles. The van der Waals surface area contributed by atoms with Crippen molar-refractivity contribution in [3.8, 4) is 0 Å². The summed E-state index contributed by atoms with van der Waals surface area (Å²) in [6.07, 6.45) is 9.59. The molecule has 0 spiro atoms. The summed E-state index contributed by atoms with van der Waals surface area (Å²) in [6.45, 7) is 3.11. The summed E-state index contributed by atoms with van der Waals surface area (Å²) in [5.74, 6) is -1.20. The molecule has 0 saturated heterocycles. The minimum atomic E-state index is -2.39. The number of hydrogen-bond donors (Lipinski definition) is 1. The first-order chi connectivity index (χ1) is 9.12. The van der Waals surface area contributed by atoms with Gasteiger partial charge < -0.3 is 5.32 Å². The number of alkyl halides is 2. The summed E-state index contributed by atoms with van der Waals surface area (Å²) in [5, 5.41) is 3.63. The summed E-state index contributed by atoms with van der Waals surface area (Å²) in [7, 11) is 0. The van der Waals surface area contributed by atoms with Gasteiger partial charge >= 0.3 is 0 Å². The van der Waals surface area contributed by atoms with E-state index in [0.29, 0.717) is 24.8 Å². The average Bonchev–Trinajstić information content (AvgIpc) is 2.65. The van der Waals surface area contributed by atoms with Gasteiger partial charge in [0.15, 0.2) is 0 Å². The topological polar surface area (TPSA) is 12.0 Å². The highest BCUT2D eigenvalue weighted by Gasteiger charge is 2.39. The van der Waals surface area contributed by atoms with Gasteiger partial charge in [0.25, 0.3) is 0 Å². The molecule has 112 valence electrons. The molecule has 1 atom stereocenters. The highest BCUT2D eigenvalue weighted by Crippen LogP contribution is 2.40. The summed E-state index contributed by atoms with van der Waals surface area (Å²) in [4.78, 5) is 0. The highest BCUT2D eigenvalue weighted by molar-refractivity contribution is 4.89. The maximum absolute atomic E-state index is 13.3. The van der Waals surface area contributed by atoms with Crippen molar-refractivity contribution in [2.24, 2.45) is 11.8 Å². The summed E-state index contributed by atoms with van der Waals surface area (Å²) in [5.41, 5.74) is 0. The Hall–Kier alpha value is -0.180. The third-order valence-corrected chi connectivity index (χ3v) is 5.12. The first-order valence-corrected chi connectivity index (χ1v) is 8.23. The van der Waals surface area contributed by atoms with Crippen molar-refractivity contribution in [1.29, 1.82) is 0 Å². The lowest BCUT2D eigenvalue weighted by atomic mass is 9.75. The molecule has 2 saturated carbocycles. The van der Waals surface area contributed by atoms with Gasteiger partial charge in [0.2, 0.25) is 5.92 Å². The van der Waals surface area contributed by atoms with E-state index in [1.807, 2.05) is 0 Å². The molecule has 19 heavy (non-hydrogen) atoms. The molecule has 2 fully saturated rings. The molecule has 0 aromatic heterocycles. The predicted molar refractivity (Wildman–Crippen MR) is 75.6 cm³/mol. The molecule has 0 heterocycles. The van der Waals surface area contributed by atoms with Crippen LogP contribution in [0.15, 0.2) is 0 Å². The largest absolute Gasteiger partial charge is 0.314 e. The molecule has 0 aliphatic heterocycles. The lowest BCUT2D eigenvalue weighted by Gasteiger charge is -2.38. The summed E-state index contributed by atoms with van der Waals surface area (Å²) >= 11 is 0. The molecule has 1 unspecified atom stereocenters. The van der Waals surface area contributed by atoms with Crippen molar-refractivity contribution in [2.75, 3.05) is 6.54 Å². The van der Waals surface area contributed by atoms with E-state index in [-0.39, 0.29) is 12.8 Å². The second-order valence-corrected chi connectivity index (χ2v) is 6.53. The van der Waals surface area contributed by atoms with Crippen LogP contribution in [0, 0.1) is 11.8 Å². The van der Waals surface area contributed by atoms with Gasteiger partial charge in [-0.25, -0.2) is 8.78 Å². The minimum absolute atomic E-state index is 0.103. The van der Waals surface area contributed by atoms with Crippen LogP contribution < -0.4 is 5.32 Å². The van der Waals surface area contributed by atoms with Gasteiger partial charge in [-0.1, -0.05) is 32.6 Å². The number of nitrogens with one attached hydrogen (secondary N) is 1. The van der Waals surface area contributed by atoms with E-state index >= 15 is 0 Å². The Morgan fingerprint density at radius 1 is 0.947 bits per heavy atom.